The van der Waals surface area contributed by atoms with E-state index in [1.807, 2.05) is 6.07 Å². The molecule has 0 spiro atoms. The molecule has 0 heterocycles. The van der Waals surface area contributed by atoms with E-state index in [9.17, 15) is 13.2 Å². The highest BCUT2D eigenvalue weighted by Gasteiger charge is 2.24. The molecular formula is C20H17BrO5S. The monoisotopic (exact) mass is 448 g/mol. The Balaban J connectivity index is 2.26. The summed E-state index contributed by atoms with van der Waals surface area (Å²) in [7, 11) is -0.874. The van der Waals surface area contributed by atoms with E-state index in [-0.39, 0.29) is 16.2 Å². The fraction of sp³-hybridized carbons (Fsp3) is 0.150. The van der Waals surface area contributed by atoms with Gasteiger partial charge in [-0.25, -0.2) is 13.2 Å². The Morgan fingerprint density at radius 3 is 2.33 bits per heavy atom. The Labute approximate surface area is 166 Å². The van der Waals surface area contributed by atoms with Crippen molar-refractivity contribution in [3.05, 3.63) is 70.2 Å². The molecule has 0 atom stereocenters. The van der Waals surface area contributed by atoms with E-state index in [1.165, 1.54) is 26.4 Å². The largest absolute Gasteiger partial charge is 0.496 e. The average Bonchev–Trinajstić information content (AvgIpc) is 2.68. The first-order chi connectivity index (χ1) is 12.9. The van der Waals surface area contributed by atoms with Crippen molar-refractivity contribution in [3.8, 4) is 5.75 Å². The number of ether oxygens (including phenoxy) is 2. The maximum absolute atomic E-state index is 12.8. The molecule has 0 unspecified atom stereocenters. The number of benzene rings is 3. The minimum atomic E-state index is -3.64. The van der Waals surface area contributed by atoms with Crippen LogP contribution >= 0.6 is 15.9 Å². The van der Waals surface area contributed by atoms with Gasteiger partial charge in [-0.3, -0.25) is 0 Å². The van der Waals surface area contributed by atoms with Crippen LogP contribution in [0.25, 0.3) is 10.8 Å². The molecule has 3 aromatic rings. The third kappa shape index (κ3) is 3.70. The summed E-state index contributed by atoms with van der Waals surface area (Å²) in [6.45, 7) is 0. The van der Waals surface area contributed by atoms with Gasteiger partial charge >= 0.3 is 5.97 Å². The van der Waals surface area contributed by atoms with Crippen LogP contribution in [0.5, 0.6) is 5.75 Å². The van der Waals surface area contributed by atoms with Crippen molar-refractivity contribution in [1.82, 2.24) is 0 Å². The lowest BCUT2D eigenvalue weighted by Crippen LogP contribution is -2.12. The SMILES string of the molecule is COC(=O)c1c(CS(=O)(=O)c2ccccc2)ccc2c(Br)ccc(OC)c12. The summed E-state index contributed by atoms with van der Waals surface area (Å²) < 4.78 is 36.8. The van der Waals surface area contributed by atoms with Gasteiger partial charge in [-0.15, -0.1) is 0 Å². The number of halogens is 1. The summed E-state index contributed by atoms with van der Waals surface area (Å²) in [6, 6.07) is 15.1. The standard InChI is InChI=1S/C20H17BrO5S/c1-25-17-11-10-16(21)15-9-8-13(18(19(15)17)20(22)26-2)12-27(23,24)14-6-4-3-5-7-14/h3-11H,12H2,1-2H3. The maximum atomic E-state index is 12.8. The summed E-state index contributed by atoms with van der Waals surface area (Å²) in [5.41, 5.74) is 0.544. The van der Waals surface area contributed by atoms with Crippen LogP contribution in [0.15, 0.2) is 64.0 Å². The lowest BCUT2D eigenvalue weighted by molar-refractivity contribution is 0.0602. The molecule has 27 heavy (non-hydrogen) atoms. The van der Waals surface area contributed by atoms with Crippen LogP contribution in [0.1, 0.15) is 15.9 Å². The van der Waals surface area contributed by atoms with Crippen LogP contribution in [0.4, 0.5) is 0 Å². The molecule has 3 rings (SSSR count). The summed E-state index contributed by atoms with van der Waals surface area (Å²) >= 11 is 3.46. The molecule has 0 aliphatic rings. The summed E-state index contributed by atoms with van der Waals surface area (Å²) in [6.07, 6.45) is 0. The van der Waals surface area contributed by atoms with Gasteiger partial charge in [-0.1, -0.05) is 46.3 Å². The van der Waals surface area contributed by atoms with Crippen molar-refractivity contribution >= 4 is 42.5 Å². The molecule has 3 aromatic carbocycles. The van der Waals surface area contributed by atoms with E-state index >= 15 is 0 Å². The first-order valence-corrected chi connectivity index (χ1v) is 10.5. The van der Waals surface area contributed by atoms with Gasteiger partial charge in [0.15, 0.2) is 9.84 Å². The molecule has 0 bridgehead atoms. The Morgan fingerprint density at radius 2 is 1.70 bits per heavy atom. The van der Waals surface area contributed by atoms with Gasteiger partial charge in [-0.05, 0) is 29.8 Å². The molecule has 0 aromatic heterocycles. The molecule has 0 fully saturated rings. The fourth-order valence-corrected chi connectivity index (χ4v) is 4.82. The molecule has 0 N–H and O–H groups in total. The molecule has 5 nitrogen and oxygen atoms in total. The number of carbonyl (C=O) groups excluding carboxylic acids is 1. The first kappa shape index (κ1) is 19.4. The molecule has 0 saturated heterocycles. The van der Waals surface area contributed by atoms with Crippen molar-refractivity contribution in [2.75, 3.05) is 14.2 Å². The predicted octanol–water partition coefficient (Wildman–Crippen LogP) is 4.37. The smallest absolute Gasteiger partial charge is 0.338 e. The van der Waals surface area contributed by atoms with Gasteiger partial charge in [0.1, 0.15) is 5.75 Å². The zero-order valence-corrected chi connectivity index (χ0v) is 17.1. The number of carbonyl (C=O) groups is 1. The second-order valence-corrected chi connectivity index (χ2v) is 8.68. The highest BCUT2D eigenvalue weighted by atomic mass is 79.9. The fourth-order valence-electron chi connectivity index (χ4n) is 2.96. The van der Waals surface area contributed by atoms with E-state index < -0.39 is 15.8 Å². The average molecular weight is 449 g/mol. The number of hydrogen-bond acceptors (Lipinski definition) is 5. The van der Waals surface area contributed by atoms with Crippen molar-refractivity contribution in [1.29, 1.82) is 0 Å². The lowest BCUT2D eigenvalue weighted by atomic mass is 9.99. The minimum absolute atomic E-state index is 0.188. The van der Waals surface area contributed by atoms with Crippen LogP contribution in [0.3, 0.4) is 0 Å². The molecule has 0 radical (unpaired) electrons. The second-order valence-electron chi connectivity index (χ2n) is 5.84. The van der Waals surface area contributed by atoms with E-state index in [0.717, 1.165) is 9.86 Å². The van der Waals surface area contributed by atoms with Crippen LogP contribution in [0, 0.1) is 0 Å². The maximum Gasteiger partial charge on any atom is 0.338 e. The molecule has 0 aliphatic carbocycles. The Morgan fingerprint density at radius 1 is 1.00 bits per heavy atom. The van der Waals surface area contributed by atoms with Crippen LogP contribution < -0.4 is 4.74 Å². The number of sulfone groups is 1. The van der Waals surface area contributed by atoms with Crippen LogP contribution in [-0.2, 0) is 20.3 Å². The Hall–Kier alpha value is -2.38. The predicted molar refractivity (Wildman–Crippen MR) is 107 cm³/mol. The normalized spacial score (nSPS) is 11.4. The number of esters is 1. The minimum Gasteiger partial charge on any atom is -0.496 e. The quantitative estimate of drug-likeness (QED) is 0.541. The number of rotatable bonds is 5. The van der Waals surface area contributed by atoms with Crippen LogP contribution in [0.2, 0.25) is 0 Å². The topological polar surface area (TPSA) is 69.7 Å². The van der Waals surface area contributed by atoms with Gasteiger partial charge in [-0.2, -0.15) is 0 Å². The zero-order chi connectivity index (χ0) is 19.6. The van der Waals surface area contributed by atoms with Crippen LogP contribution in [-0.4, -0.2) is 28.6 Å². The third-order valence-electron chi connectivity index (χ3n) is 4.23. The second kappa shape index (κ2) is 7.70. The molecule has 140 valence electrons. The highest BCUT2D eigenvalue weighted by molar-refractivity contribution is 9.10. The highest BCUT2D eigenvalue weighted by Crippen LogP contribution is 2.37. The van der Waals surface area contributed by atoms with E-state index in [0.29, 0.717) is 16.7 Å². The summed E-state index contributed by atoms with van der Waals surface area (Å²) in [5, 5.41) is 1.25. The van der Waals surface area contributed by atoms with Gasteiger partial charge in [0.2, 0.25) is 0 Å². The van der Waals surface area contributed by atoms with Gasteiger partial charge in [0.25, 0.3) is 0 Å². The summed E-state index contributed by atoms with van der Waals surface area (Å²) in [5.74, 6) is -0.477. The molecule has 0 amide bonds. The number of hydrogen-bond donors (Lipinski definition) is 0. The van der Waals surface area contributed by atoms with Crippen molar-refractivity contribution in [3.63, 3.8) is 0 Å². The first-order valence-electron chi connectivity index (χ1n) is 8.03. The van der Waals surface area contributed by atoms with Crippen molar-refractivity contribution < 1.29 is 22.7 Å². The Bertz CT molecular complexity index is 1110. The van der Waals surface area contributed by atoms with Crippen molar-refractivity contribution in [2.45, 2.75) is 10.6 Å². The molecular weight excluding hydrogens is 432 g/mol. The Kier molecular flexibility index (Phi) is 5.53. The number of fused-ring (bicyclic) bond motifs is 1. The zero-order valence-electron chi connectivity index (χ0n) is 14.7. The third-order valence-corrected chi connectivity index (χ3v) is 6.61. The molecule has 7 heteroatoms. The van der Waals surface area contributed by atoms with Gasteiger partial charge in [0.05, 0.1) is 30.4 Å². The van der Waals surface area contributed by atoms with E-state index in [2.05, 4.69) is 15.9 Å². The number of methoxy groups -OCH3 is 2. The van der Waals surface area contributed by atoms with Gasteiger partial charge < -0.3 is 9.47 Å². The molecule has 0 aliphatic heterocycles. The van der Waals surface area contributed by atoms with Gasteiger partial charge in [0, 0.05) is 15.2 Å². The van der Waals surface area contributed by atoms with Crippen molar-refractivity contribution in [2.24, 2.45) is 0 Å². The van der Waals surface area contributed by atoms with E-state index in [4.69, 9.17) is 9.47 Å². The lowest BCUT2D eigenvalue weighted by Gasteiger charge is -2.15. The molecule has 0 saturated carbocycles. The summed E-state index contributed by atoms with van der Waals surface area (Å²) in [4.78, 5) is 12.8. The van der Waals surface area contributed by atoms with E-state index in [1.54, 1.807) is 36.4 Å².